The van der Waals surface area contributed by atoms with Gasteiger partial charge in [-0.2, -0.15) is 0 Å². The maximum Gasteiger partial charge on any atom is 0.311 e. The Hall–Kier alpha value is -1.75. The average molecular weight is 340 g/mol. The summed E-state index contributed by atoms with van der Waals surface area (Å²) in [6.45, 7) is 6.21. The highest BCUT2D eigenvalue weighted by Gasteiger charge is 2.48. The van der Waals surface area contributed by atoms with E-state index in [1.54, 1.807) is 23.1 Å². The molecule has 6 heteroatoms. The number of benzene rings is 1. The molecule has 1 N–H and O–H groups in total. The van der Waals surface area contributed by atoms with Crippen molar-refractivity contribution in [2.24, 2.45) is 11.3 Å². The Morgan fingerprint density at radius 3 is 2.65 bits per heavy atom. The van der Waals surface area contributed by atoms with Crippen molar-refractivity contribution in [3.05, 3.63) is 28.8 Å². The van der Waals surface area contributed by atoms with Crippen molar-refractivity contribution < 1.29 is 19.4 Å². The Morgan fingerprint density at radius 1 is 1.43 bits per heavy atom. The van der Waals surface area contributed by atoms with E-state index in [1.807, 2.05) is 20.8 Å². The Balaban J connectivity index is 1.98. The van der Waals surface area contributed by atoms with E-state index in [4.69, 9.17) is 16.3 Å². The lowest BCUT2D eigenvalue weighted by Crippen LogP contribution is -2.41. The second-order valence-electron chi connectivity index (χ2n) is 6.38. The van der Waals surface area contributed by atoms with E-state index >= 15 is 0 Å². The van der Waals surface area contributed by atoms with E-state index in [9.17, 15) is 14.7 Å². The van der Waals surface area contributed by atoms with Gasteiger partial charge in [0, 0.05) is 18.1 Å². The molecule has 1 heterocycles. The van der Waals surface area contributed by atoms with Crippen molar-refractivity contribution in [3.63, 3.8) is 0 Å². The van der Waals surface area contributed by atoms with Crippen molar-refractivity contribution in [1.29, 1.82) is 0 Å². The summed E-state index contributed by atoms with van der Waals surface area (Å²) >= 11 is 5.89. The Bertz CT molecular complexity index is 617. The van der Waals surface area contributed by atoms with Gasteiger partial charge in [-0.3, -0.25) is 9.59 Å². The number of likely N-dealkylation sites (tertiary alicyclic amines) is 1. The molecule has 23 heavy (non-hydrogen) atoms. The van der Waals surface area contributed by atoms with Gasteiger partial charge in [0.2, 0.25) is 0 Å². The first-order chi connectivity index (χ1) is 10.8. The summed E-state index contributed by atoms with van der Waals surface area (Å²) in [4.78, 5) is 25.5. The number of aryl methyl sites for hydroxylation is 1. The summed E-state index contributed by atoms with van der Waals surface area (Å²) in [5.41, 5.74) is 0.0000479. The summed E-state index contributed by atoms with van der Waals surface area (Å²) in [6.07, 6.45) is 0.478. The van der Waals surface area contributed by atoms with Crippen LogP contribution in [0.1, 0.15) is 25.8 Å². The number of nitrogens with zero attached hydrogens (tertiary/aromatic N) is 1. The topological polar surface area (TPSA) is 66.8 Å². The molecule has 1 fully saturated rings. The summed E-state index contributed by atoms with van der Waals surface area (Å²) in [7, 11) is 0. The molecule has 1 aromatic carbocycles. The molecule has 5 nitrogen and oxygen atoms in total. The van der Waals surface area contributed by atoms with Crippen molar-refractivity contribution in [3.8, 4) is 5.75 Å². The molecule has 0 aromatic heterocycles. The van der Waals surface area contributed by atoms with Crippen LogP contribution < -0.4 is 4.74 Å². The highest BCUT2D eigenvalue weighted by atomic mass is 35.5. The Morgan fingerprint density at radius 2 is 2.13 bits per heavy atom. The number of halogens is 1. The maximum atomic E-state index is 12.3. The number of hydrogen-bond donors (Lipinski definition) is 1. The summed E-state index contributed by atoms with van der Waals surface area (Å²) in [5.74, 6) is -0.451. The Kier molecular flexibility index (Phi) is 5.19. The number of carbonyl (C=O) groups excluding carboxylic acids is 1. The molecule has 2 rings (SSSR count). The van der Waals surface area contributed by atoms with Crippen LogP contribution in [0.5, 0.6) is 5.75 Å². The number of aliphatic carboxylic acids is 1. The molecule has 0 aliphatic carbocycles. The second kappa shape index (κ2) is 6.79. The number of ether oxygens (including phenoxy) is 1. The summed E-state index contributed by atoms with van der Waals surface area (Å²) in [5, 5.41) is 10.1. The number of carbonyl (C=O) groups is 2. The minimum Gasteiger partial charge on any atom is -0.483 e. The second-order valence-corrected chi connectivity index (χ2v) is 6.82. The molecule has 1 aliphatic heterocycles. The molecule has 0 saturated carbocycles. The predicted molar refractivity (Wildman–Crippen MR) is 87.8 cm³/mol. The largest absolute Gasteiger partial charge is 0.483 e. The van der Waals surface area contributed by atoms with Crippen LogP contribution in [0.2, 0.25) is 5.02 Å². The van der Waals surface area contributed by atoms with E-state index in [-0.39, 0.29) is 25.0 Å². The fraction of sp³-hybridized carbons (Fsp3) is 0.529. The van der Waals surface area contributed by atoms with Crippen LogP contribution in [-0.2, 0) is 9.59 Å². The molecule has 1 aliphatic rings. The average Bonchev–Trinajstić information content (AvgIpc) is 2.92. The quantitative estimate of drug-likeness (QED) is 0.895. The number of carboxylic acid groups (broad SMARTS) is 1. The normalized spacial score (nSPS) is 20.8. The van der Waals surface area contributed by atoms with Crippen LogP contribution in [0.4, 0.5) is 0 Å². The van der Waals surface area contributed by atoms with Gasteiger partial charge in [-0.1, -0.05) is 25.4 Å². The molecule has 0 radical (unpaired) electrons. The third-order valence-electron chi connectivity index (χ3n) is 4.67. The monoisotopic (exact) mass is 339 g/mol. The van der Waals surface area contributed by atoms with Crippen molar-refractivity contribution in [2.45, 2.75) is 27.2 Å². The van der Waals surface area contributed by atoms with Crippen LogP contribution in [0.25, 0.3) is 0 Å². The zero-order valence-electron chi connectivity index (χ0n) is 13.6. The third-order valence-corrected chi connectivity index (χ3v) is 4.91. The third kappa shape index (κ3) is 3.61. The standard InChI is InChI=1S/C17H22ClNO4/c1-11(2)17(16(21)22)6-7-19(10-17)15(20)9-23-14-5-4-13(18)8-12(14)3/h4-5,8,11H,6-7,9-10H2,1-3H3,(H,21,22). The van der Waals surface area contributed by atoms with Crippen LogP contribution >= 0.6 is 11.6 Å². The van der Waals surface area contributed by atoms with Crippen molar-refractivity contribution in [1.82, 2.24) is 4.90 Å². The molecule has 1 unspecified atom stereocenters. The summed E-state index contributed by atoms with van der Waals surface area (Å²) < 4.78 is 5.56. The van der Waals surface area contributed by atoms with Gasteiger partial charge in [-0.05, 0) is 43.0 Å². The SMILES string of the molecule is Cc1cc(Cl)ccc1OCC(=O)N1CCC(C(=O)O)(C(C)C)C1. The van der Waals surface area contributed by atoms with E-state index in [0.29, 0.717) is 23.7 Å². The maximum absolute atomic E-state index is 12.3. The highest BCUT2D eigenvalue weighted by Crippen LogP contribution is 2.38. The number of hydrogen-bond acceptors (Lipinski definition) is 3. The first kappa shape index (κ1) is 17.6. The molecule has 0 bridgehead atoms. The molecule has 0 spiro atoms. The van der Waals surface area contributed by atoms with E-state index in [2.05, 4.69) is 0 Å². The van der Waals surface area contributed by atoms with Crippen molar-refractivity contribution >= 4 is 23.5 Å². The predicted octanol–water partition coefficient (Wildman–Crippen LogP) is 2.99. The summed E-state index contributed by atoms with van der Waals surface area (Å²) in [6, 6.07) is 5.20. The fourth-order valence-corrected chi connectivity index (χ4v) is 3.17. The fourth-order valence-electron chi connectivity index (χ4n) is 2.94. The van der Waals surface area contributed by atoms with Gasteiger partial charge in [0.05, 0.1) is 5.41 Å². The number of carboxylic acids is 1. The lowest BCUT2D eigenvalue weighted by molar-refractivity contribution is -0.151. The smallest absolute Gasteiger partial charge is 0.311 e. The molecular weight excluding hydrogens is 318 g/mol. The minimum atomic E-state index is -0.855. The van der Waals surface area contributed by atoms with E-state index in [0.717, 1.165) is 5.56 Å². The lowest BCUT2D eigenvalue weighted by Gasteiger charge is -2.28. The number of rotatable bonds is 5. The lowest BCUT2D eigenvalue weighted by atomic mass is 9.76. The Labute approximate surface area is 141 Å². The highest BCUT2D eigenvalue weighted by molar-refractivity contribution is 6.30. The van der Waals surface area contributed by atoms with Gasteiger partial charge < -0.3 is 14.7 Å². The molecule has 126 valence electrons. The van der Waals surface area contributed by atoms with E-state index < -0.39 is 11.4 Å². The zero-order valence-corrected chi connectivity index (χ0v) is 14.4. The first-order valence-electron chi connectivity index (χ1n) is 7.66. The van der Waals surface area contributed by atoms with Crippen LogP contribution in [0.15, 0.2) is 18.2 Å². The van der Waals surface area contributed by atoms with Crippen LogP contribution in [0.3, 0.4) is 0 Å². The van der Waals surface area contributed by atoms with Gasteiger partial charge in [0.1, 0.15) is 5.75 Å². The van der Waals surface area contributed by atoms with Gasteiger partial charge in [0.15, 0.2) is 6.61 Å². The molecule has 1 saturated heterocycles. The molecule has 1 aromatic rings. The molecular formula is C17H22ClNO4. The van der Waals surface area contributed by atoms with Crippen LogP contribution in [0, 0.1) is 18.3 Å². The van der Waals surface area contributed by atoms with Crippen molar-refractivity contribution in [2.75, 3.05) is 19.7 Å². The van der Waals surface area contributed by atoms with Gasteiger partial charge >= 0.3 is 5.97 Å². The number of amides is 1. The van der Waals surface area contributed by atoms with Crippen LogP contribution in [-0.4, -0.2) is 41.6 Å². The van der Waals surface area contributed by atoms with Gasteiger partial charge in [-0.25, -0.2) is 0 Å². The molecule has 1 amide bonds. The molecule has 1 atom stereocenters. The zero-order chi connectivity index (χ0) is 17.2. The van der Waals surface area contributed by atoms with Gasteiger partial charge in [-0.15, -0.1) is 0 Å². The van der Waals surface area contributed by atoms with E-state index in [1.165, 1.54) is 0 Å². The van der Waals surface area contributed by atoms with Gasteiger partial charge in [0.25, 0.3) is 5.91 Å². The minimum absolute atomic E-state index is 0.0303. The first-order valence-corrected chi connectivity index (χ1v) is 8.04.